The number of nitrogens with one attached hydrogen (secondary N) is 1. The molecule has 5 heteroatoms. The van der Waals surface area contributed by atoms with E-state index in [4.69, 9.17) is 21.1 Å². The van der Waals surface area contributed by atoms with E-state index in [1.54, 1.807) is 14.2 Å². The molecule has 0 fully saturated rings. The van der Waals surface area contributed by atoms with Crippen LogP contribution in [0.25, 0.3) is 0 Å². The van der Waals surface area contributed by atoms with Gasteiger partial charge in [0.05, 0.1) is 24.9 Å². The molecule has 0 amide bonds. The van der Waals surface area contributed by atoms with Gasteiger partial charge in [-0.05, 0) is 30.3 Å². The molecule has 0 unspecified atom stereocenters. The third-order valence-electron chi connectivity index (χ3n) is 2.89. The maximum Gasteiger partial charge on any atom is 0.127 e. The van der Waals surface area contributed by atoms with Gasteiger partial charge in [-0.2, -0.15) is 0 Å². The minimum absolute atomic E-state index is 0.614. The Kier molecular flexibility index (Phi) is 5.15. The monoisotopic (exact) mass is 355 g/mol. The maximum atomic E-state index is 6.15. The first kappa shape index (κ1) is 15.0. The van der Waals surface area contributed by atoms with Crippen molar-refractivity contribution in [1.82, 2.24) is 0 Å². The van der Waals surface area contributed by atoms with E-state index in [1.807, 2.05) is 36.4 Å². The lowest BCUT2D eigenvalue weighted by Crippen LogP contribution is -2.02. The Morgan fingerprint density at radius 2 is 1.90 bits per heavy atom. The summed E-state index contributed by atoms with van der Waals surface area (Å²) in [7, 11) is 3.28. The smallest absolute Gasteiger partial charge is 0.127 e. The molecule has 3 nitrogen and oxygen atoms in total. The molecule has 0 aliphatic carbocycles. The van der Waals surface area contributed by atoms with Gasteiger partial charge in [0.15, 0.2) is 0 Å². The van der Waals surface area contributed by atoms with Crippen LogP contribution in [-0.2, 0) is 6.54 Å². The highest BCUT2D eigenvalue weighted by Gasteiger charge is 2.06. The van der Waals surface area contributed by atoms with Crippen LogP contribution < -0.4 is 14.8 Å². The first-order valence-electron chi connectivity index (χ1n) is 6.04. The molecule has 0 bridgehead atoms. The lowest BCUT2D eigenvalue weighted by atomic mass is 10.2. The molecule has 0 saturated heterocycles. The van der Waals surface area contributed by atoms with Gasteiger partial charge in [0.2, 0.25) is 0 Å². The average molecular weight is 357 g/mol. The first-order chi connectivity index (χ1) is 9.63. The minimum Gasteiger partial charge on any atom is -0.497 e. The topological polar surface area (TPSA) is 30.5 Å². The Hall–Kier alpha value is -1.39. The molecule has 2 aromatic rings. The van der Waals surface area contributed by atoms with Crippen LogP contribution in [0.4, 0.5) is 5.69 Å². The number of hydrogen-bond acceptors (Lipinski definition) is 3. The summed E-state index contributed by atoms with van der Waals surface area (Å²) in [6.45, 7) is 0.614. The van der Waals surface area contributed by atoms with Gasteiger partial charge >= 0.3 is 0 Å². The van der Waals surface area contributed by atoms with Gasteiger partial charge in [-0.1, -0.05) is 27.5 Å². The van der Waals surface area contributed by atoms with Crippen LogP contribution in [0.5, 0.6) is 11.5 Å². The Morgan fingerprint density at radius 3 is 2.60 bits per heavy atom. The zero-order chi connectivity index (χ0) is 14.5. The summed E-state index contributed by atoms with van der Waals surface area (Å²) < 4.78 is 11.5. The van der Waals surface area contributed by atoms with Gasteiger partial charge in [0.25, 0.3) is 0 Å². The van der Waals surface area contributed by atoms with Gasteiger partial charge in [-0.3, -0.25) is 0 Å². The van der Waals surface area contributed by atoms with Crippen molar-refractivity contribution in [2.75, 3.05) is 19.5 Å². The summed E-state index contributed by atoms with van der Waals surface area (Å²) >= 11 is 9.58. The molecule has 0 saturated carbocycles. The number of ether oxygens (including phenoxy) is 2. The molecule has 0 aliphatic rings. The Morgan fingerprint density at radius 1 is 1.10 bits per heavy atom. The lowest BCUT2D eigenvalue weighted by Gasteiger charge is -2.13. The van der Waals surface area contributed by atoms with Crippen LogP contribution >= 0.6 is 27.5 Å². The number of anilines is 1. The maximum absolute atomic E-state index is 6.15. The van der Waals surface area contributed by atoms with E-state index in [0.29, 0.717) is 11.6 Å². The molecule has 1 N–H and O–H groups in total. The molecule has 0 aliphatic heterocycles. The summed E-state index contributed by atoms with van der Waals surface area (Å²) in [5, 5.41) is 3.98. The molecule has 2 aromatic carbocycles. The number of benzene rings is 2. The predicted molar refractivity (Wildman–Crippen MR) is 86.0 cm³/mol. The molecule has 2 rings (SSSR count). The molecular weight excluding hydrogens is 342 g/mol. The van der Waals surface area contributed by atoms with Crippen molar-refractivity contribution in [3.8, 4) is 11.5 Å². The summed E-state index contributed by atoms with van der Waals surface area (Å²) in [5.41, 5.74) is 1.91. The molecule has 0 spiro atoms. The largest absolute Gasteiger partial charge is 0.497 e. The van der Waals surface area contributed by atoms with Gasteiger partial charge in [-0.25, -0.2) is 0 Å². The van der Waals surface area contributed by atoms with Crippen molar-refractivity contribution in [2.45, 2.75) is 6.54 Å². The van der Waals surface area contributed by atoms with Gasteiger partial charge < -0.3 is 14.8 Å². The lowest BCUT2D eigenvalue weighted by molar-refractivity contribution is 0.391. The van der Waals surface area contributed by atoms with E-state index < -0.39 is 0 Å². The second-order valence-corrected chi connectivity index (χ2v) is 5.48. The van der Waals surface area contributed by atoms with E-state index in [0.717, 1.165) is 27.2 Å². The van der Waals surface area contributed by atoms with Gasteiger partial charge in [0, 0.05) is 22.6 Å². The summed E-state index contributed by atoms with van der Waals surface area (Å²) in [6, 6.07) is 11.4. The van der Waals surface area contributed by atoms with Crippen LogP contribution in [-0.4, -0.2) is 14.2 Å². The molecule has 0 heterocycles. The van der Waals surface area contributed by atoms with E-state index in [1.165, 1.54) is 0 Å². The highest BCUT2D eigenvalue weighted by molar-refractivity contribution is 9.10. The van der Waals surface area contributed by atoms with Crippen molar-refractivity contribution in [2.24, 2.45) is 0 Å². The molecule has 20 heavy (non-hydrogen) atoms. The average Bonchev–Trinajstić information content (AvgIpc) is 2.48. The Bertz CT molecular complexity index is 604. The number of rotatable bonds is 5. The van der Waals surface area contributed by atoms with E-state index in [9.17, 15) is 0 Å². The highest BCUT2D eigenvalue weighted by atomic mass is 79.9. The second kappa shape index (κ2) is 6.86. The zero-order valence-electron chi connectivity index (χ0n) is 11.2. The molecule has 106 valence electrons. The molecule has 0 aromatic heterocycles. The highest BCUT2D eigenvalue weighted by Crippen LogP contribution is 2.28. The summed E-state index contributed by atoms with van der Waals surface area (Å²) in [5.74, 6) is 1.55. The number of hydrogen-bond donors (Lipinski definition) is 1. The third kappa shape index (κ3) is 3.58. The van der Waals surface area contributed by atoms with Crippen LogP contribution in [0.3, 0.4) is 0 Å². The van der Waals surface area contributed by atoms with E-state index in [-0.39, 0.29) is 0 Å². The second-order valence-electron chi connectivity index (χ2n) is 4.16. The van der Waals surface area contributed by atoms with E-state index in [2.05, 4.69) is 21.2 Å². The molecule has 0 radical (unpaired) electrons. The SMILES string of the molecule is COc1ccc(CNc2cc(Br)ccc2Cl)c(OC)c1. The summed E-state index contributed by atoms with van der Waals surface area (Å²) in [4.78, 5) is 0. The normalized spacial score (nSPS) is 10.2. The molecule has 0 atom stereocenters. The van der Waals surface area contributed by atoms with Crippen LogP contribution in [0.15, 0.2) is 40.9 Å². The molecular formula is C15H15BrClNO2. The fourth-order valence-corrected chi connectivity index (χ4v) is 2.37. The standard InChI is InChI=1S/C15H15BrClNO2/c1-19-12-5-3-10(15(8-12)20-2)9-18-14-7-11(16)4-6-13(14)17/h3-8,18H,9H2,1-2H3. The fourth-order valence-electron chi connectivity index (χ4n) is 1.82. The first-order valence-corrected chi connectivity index (χ1v) is 7.21. The van der Waals surface area contributed by atoms with Crippen molar-refractivity contribution in [3.05, 3.63) is 51.5 Å². The van der Waals surface area contributed by atoms with E-state index >= 15 is 0 Å². The number of methoxy groups -OCH3 is 2. The van der Waals surface area contributed by atoms with Gasteiger partial charge in [-0.15, -0.1) is 0 Å². The van der Waals surface area contributed by atoms with Crippen molar-refractivity contribution < 1.29 is 9.47 Å². The Balaban J connectivity index is 2.16. The van der Waals surface area contributed by atoms with Crippen LogP contribution in [0.1, 0.15) is 5.56 Å². The third-order valence-corrected chi connectivity index (χ3v) is 3.71. The number of halogens is 2. The fraction of sp³-hybridized carbons (Fsp3) is 0.200. The van der Waals surface area contributed by atoms with Crippen molar-refractivity contribution in [3.63, 3.8) is 0 Å². The van der Waals surface area contributed by atoms with Crippen molar-refractivity contribution >= 4 is 33.2 Å². The Labute approximate surface area is 132 Å². The van der Waals surface area contributed by atoms with Gasteiger partial charge in [0.1, 0.15) is 11.5 Å². The zero-order valence-corrected chi connectivity index (χ0v) is 13.6. The predicted octanol–water partition coefficient (Wildman–Crippen LogP) is 4.73. The minimum atomic E-state index is 0.614. The summed E-state index contributed by atoms with van der Waals surface area (Å²) in [6.07, 6.45) is 0. The quantitative estimate of drug-likeness (QED) is 0.840. The van der Waals surface area contributed by atoms with Crippen LogP contribution in [0.2, 0.25) is 5.02 Å². The van der Waals surface area contributed by atoms with Crippen molar-refractivity contribution in [1.29, 1.82) is 0 Å². The van der Waals surface area contributed by atoms with Crippen LogP contribution in [0, 0.1) is 0 Å².